The number of anilines is 2. The lowest BCUT2D eigenvalue weighted by atomic mass is 10.2. The molecule has 0 bridgehead atoms. The van der Waals surface area contributed by atoms with Crippen LogP contribution in [0.15, 0.2) is 34.8 Å². The number of nitrogens with zero attached hydrogens (tertiary/aromatic N) is 1. The summed E-state index contributed by atoms with van der Waals surface area (Å²) >= 11 is 3.34. The monoisotopic (exact) mass is 321 g/mol. The Kier molecular flexibility index (Phi) is 3.71. The molecular weight excluding hydrogens is 310 g/mol. The number of hydrogen-bond acceptors (Lipinski definition) is 4. The molecule has 0 radical (unpaired) electrons. The number of phenols is 1. The van der Waals surface area contributed by atoms with Crippen LogP contribution < -0.4 is 11.1 Å². The van der Waals surface area contributed by atoms with Crippen LogP contribution in [0, 0.1) is 6.92 Å². The summed E-state index contributed by atoms with van der Waals surface area (Å²) in [7, 11) is 0. The van der Waals surface area contributed by atoms with Crippen LogP contribution in [-0.4, -0.2) is 16.0 Å². The molecule has 1 aromatic carbocycles. The molecule has 0 fully saturated rings. The van der Waals surface area contributed by atoms with Crippen molar-refractivity contribution in [2.45, 2.75) is 6.92 Å². The van der Waals surface area contributed by atoms with Crippen molar-refractivity contribution in [2.75, 3.05) is 11.1 Å². The second-order valence-electron chi connectivity index (χ2n) is 3.99. The lowest BCUT2D eigenvalue weighted by Crippen LogP contribution is -2.13. The summed E-state index contributed by atoms with van der Waals surface area (Å²) in [6.45, 7) is 1.83. The highest BCUT2D eigenvalue weighted by Crippen LogP contribution is 2.21. The molecular formula is C13H12BrN3O2. The Hall–Kier alpha value is -2.08. The Morgan fingerprint density at radius 1 is 1.37 bits per heavy atom. The molecule has 1 aromatic heterocycles. The number of aromatic nitrogens is 1. The molecule has 0 spiro atoms. The summed E-state index contributed by atoms with van der Waals surface area (Å²) in [4.78, 5) is 16.2. The number of pyridine rings is 1. The fraction of sp³-hybridized carbons (Fsp3) is 0.0769. The number of carbonyl (C=O) groups excluding carboxylic acids is 1. The average Bonchev–Trinajstić information content (AvgIpc) is 2.37. The molecule has 1 heterocycles. The minimum atomic E-state index is -0.357. The molecule has 0 saturated carbocycles. The van der Waals surface area contributed by atoms with E-state index in [0.717, 1.165) is 10.2 Å². The van der Waals surface area contributed by atoms with Gasteiger partial charge in [-0.2, -0.15) is 0 Å². The first-order chi connectivity index (χ1) is 8.97. The SMILES string of the molecule is Cc1nc(NC(=O)c2ccc(N)c(O)c2)ccc1Br. The predicted octanol–water partition coefficient (Wildman–Crippen LogP) is 2.69. The predicted molar refractivity (Wildman–Crippen MR) is 77.1 cm³/mol. The highest BCUT2D eigenvalue weighted by atomic mass is 79.9. The van der Waals surface area contributed by atoms with Crippen molar-refractivity contribution in [1.29, 1.82) is 0 Å². The minimum absolute atomic E-state index is 0.118. The van der Waals surface area contributed by atoms with Crippen LogP contribution in [0.1, 0.15) is 16.1 Å². The molecule has 2 aromatic rings. The van der Waals surface area contributed by atoms with Gasteiger partial charge in [-0.1, -0.05) is 0 Å². The number of nitrogens with two attached hydrogens (primary N) is 1. The average molecular weight is 322 g/mol. The van der Waals surface area contributed by atoms with Crippen LogP contribution in [0.3, 0.4) is 0 Å². The van der Waals surface area contributed by atoms with Gasteiger partial charge >= 0.3 is 0 Å². The highest BCUT2D eigenvalue weighted by molar-refractivity contribution is 9.10. The molecule has 2 rings (SSSR count). The van der Waals surface area contributed by atoms with Gasteiger partial charge in [-0.15, -0.1) is 0 Å². The van der Waals surface area contributed by atoms with E-state index in [0.29, 0.717) is 11.4 Å². The maximum Gasteiger partial charge on any atom is 0.256 e. The van der Waals surface area contributed by atoms with Gasteiger partial charge in [-0.25, -0.2) is 4.98 Å². The number of halogens is 1. The topological polar surface area (TPSA) is 88.2 Å². The van der Waals surface area contributed by atoms with Crippen LogP contribution in [0.25, 0.3) is 0 Å². The molecule has 0 atom stereocenters. The van der Waals surface area contributed by atoms with E-state index >= 15 is 0 Å². The summed E-state index contributed by atoms with van der Waals surface area (Å²) in [5.41, 5.74) is 6.80. The number of aromatic hydroxyl groups is 1. The Labute approximate surface area is 118 Å². The van der Waals surface area contributed by atoms with E-state index in [2.05, 4.69) is 26.2 Å². The summed E-state index contributed by atoms with van der Waals surface area (Å²) in [5.74, 6) is -0.0286. The first-order valence-electron chi connectivity index (χ1n) is 5.50. The van der Waals surface area contributed by atoms with Crippen molar-refractivity contribution in [2.24, 2.45) is 0 Å². The Bertz CT molecular complexity index is 644. The summed E-state index contributed by atoms with van der Waals surface area (Å²) in [5, 5.41) is 12.1. The fourth-order valence-electron chi connectivity index (χ4n) is 1.49. The van der Waals surface area contributed by atoms with Crippen molar-refractivity contribution >= 4 is 33.3 Å². The fourth-order valence-corrected chi connectivity index (χ4v) is 1.71. The molecule has 5 nitrogen and oxygen atoms in total. The Balaban J connectivity index is 2.20. The third-order valence-electron chi connectivity index (χ3n) is 2.56. The van der Waals surface area contributed by atoms with E-state index in [1.165, 1.54) is 18.2 Å². The van der Waals surface area contributed by atoms with E-state index in [1.807, 2.05) is 6.92 Å². The van der Waals surface area contributed by atoms with Crippen LogP contribution in [0.5, 0.6) is 5.75 Å². The number of nitrogen functional groups attached to an aromatic ring is 1. The number of aryl methyl sites for hydroxylation is 1. The van der Waals surface area contributed by atoms with Gasteiger partial charge in [0.2, 0.25) is 0 Å². The van der Waals surface area contributed by atoms with E-state index in [1.54, 1.807) is 12.1 Å². The second-order valence-corrected chi connectivity index (χ2v) is 4.85. The Morgan fingerprint density at radius 2 is 2.11 bits per heavy atom. The number of carbonyl (C=O) groups is 1. The van der Waals surface area contributed by atoms with Crippen molar-refractivity contribution in [1.82, 2.24) is 4.98 Å². The first-order valence-corrected chi connectivity index (χ1v) is 6.29. The van der Waals surface area contributed by atoms with Crippen LogP contribution in [0.4, 0.5) is 11.5 Å². The number of benzene rings is 1. The number of amides is 1. The van der Waals surface area contributed by atoms with Gasteiger partial charge < -0.3 is 16.2 Å². The van der Waals surface area contributed by atoms with E-state index in [4.69, 9.17) is 5.73 Å². The molecule has 1 amide bonds. The summed E-state index contributed by atoms with van der Waals surface area (Å²) in [6.07, 6.45) is 0. The normalized spacial score (nSPS) is 10.2. The van der Waals surface area contributed by atoms with Gasteiger partial charge in [-0.3, -0.25) is 4.79 Å². The van der Waals surface area contributed by atoms with E-state index in [-0.39, 0.29) is 17.3 Å². The third-order valence-corrected chi connectivity index (χ3v) is 3.39. The molecule has 0 unspecified atom stereocenters. The summed E-state index contributed by atoms with van der Waals surface area (Å²) in [6, 6.07) is 7.82. The number of phenolic OH excluding ortho intramolecular Hbond substituents is 1. The molecule has 4 N–H and O–H groups in total. The highest BCUT2D eigenvalue weighted by Gasteiger charge is 2.09. The van der Waals surface area contributed by atoms with E-state index < -0.39 is 0 Å². The van der Waals surface area contributed by atoms with E-state index in [9.17, 15) is 9.90 Å². The number of nitrogens with one attached hydrogen (secondary N) is 1. The van der Waals surface area contributed by atoms with Crippen molar-refractivity contribution in [3.8, 4) is 5.75 Å². The number of hydrogen-bond donors (Lipinski definition) is 3. The summed E-state index contributed by atoms with van der Waals surface area (Å²) < 4.78 is 0.871. The van der Waals surface area contributed by atoms with Gasteiger partial charge in [-0.05, 0) is 53.2 Å². The second kappa shape index (κ2) is 5.27. The molecule has 0 aliphatic carbocycles. The zero-order valence-electron chi connectivity index (χ0n) is 10.1. The maximum atomic E-state index is 12.0. The lowest BCUT2D eigenvalue weighted by Gasteiger charge is -2.07. The quantitative estimate of drug-likeness (QED) is 0.586. The largest absolute Gasteiger partial charge is 0.506 e. The van der Waals surface area contributed by atoms with Crippen LogP contribution in [-0.2, 0) is 0 Å². The van der Waals surface area contributed by atoms with Gasteiger partial charge in [0.15, 0.2) is 0 Å². The van der Waals surface area contributed by atoms with Crippen molar-refractivity contribution < 1.29 is 9.90 Å². The zero-order valence-corrected chi connectivity index (χ0v) is 11.7. The number of rotatable bonds is 2. The van der Waals surface area contributed by atoms with Crippen molar-refractivity contribution in [3.05, 3.63) is 46.1 Å². The van der Waals surface area contributed by atoms with Gasteiger partial charge in [0, 0.05) is 10.0 Å². The first kappa shape index (κ1) is 13.4. The molecule has 0 aliphatic heterocycles. The third kappa shape index (κ3) is 3.03. The standard InChI is InChI=1S/C13H12BrN3O2/c1-7-9(14)3-5-12(16-7)17-13(19)8-2-4-10(15)11(18)6-8/h2-6,18H,15H2,1H3,(H,16,17,19). The zero-order chi connectivity index (χ0) is 14.0. The lowest BCUT2D eigenvalue weighted by molar-refractivity contribution is 0.102. The van der Waals surface area contributed by atoms with Gasteiger partial charge in [0.05, 0.1) is 11.4 Å². The Morgan fingerprint density at radius 3 is 2.74 bits per heavy atom. The molecule has 98 valence electrons. The van der Waals surface area contributed by atoms with Crippen LogP contribution >= 0.6 is 15.9 Å². The molecule has 0 aliphatic rings. The van der Waals surface area contributed by atoms with Gasteiger partial charge in [0.1, 0.15) is 11.6 Å². The smallest absolute Gasteiger partial charge is 0.256 e. The maximum absolute atomic E-state index is 12.0. The molecule has 0 saturated heterocycles. The molecule has 6 heteroatoms. The van der Waals surface area contributed by atoms with Gasteiger partial charge in [0.25, 0.3) is 5.91 Å². The van der Waals surface area contributed by atoms with Crippen LogP contribution in [0.2, 0.25) is 0 Å². The minimum Gasteiger partial charge on any atom is -0.506 e. The van der Waals surface area contributed by atoms with Crippen molar-refractivity contribution in [3.63, 3.8) is 0 Å². The molecule has 19 heavy (non-hydrogen) atoms.